The number of hydrogen-bond donors (Lipinski definition) is 1. The van der Waals surface area contributed by atoms with Crippen LogP contribution in [0.1, 0.15) is 45.6 Å². The minimum atomic E-state index is 0.191. The lowest BCUT2D eigenvalue weighted by atomic mass is 9.64. The Labute approximate surface area is 136 Å². The number of hydrogen-bond acceptors (Lipinski definition) is 1. The summed E-state index contributed by atoms with van der Waals surface area (Å²) in [5.41, 5.74) is 7.85. The van der Waals surface area contributed by atoms with Crippen molar-refractivity contribution in [2.75, 3.05) is 0 Å². The summed E-state index contributed by atoms with van der Waals surface area (Å²) in [6.45, 7) is 6.99. The van der Waals surface area contributed by atoms with E-state index in [0.717, 1.165) is 28.3 Å². The maximum absolute atomic E-state index is 6.43. The Morgan fingerprint density at radius 3 is 2.65 bits per heavy atom. The van der Waals surface area contributed by atoms with Crippen LogP contribution in [0, 0.1) is 17.3 Å². The van der Waals surface area contributed by atoms with Crippen LogP contribution in [-0.4, -0.2) is 6.04 Å². The van der Waals surface area contributed by atoms with Crippen molar-refractivity contribution in [1.82, 2.24) is 0 Å². The van der Waals surface area contributed by atoms with Crippen LogP contribution >= 0.6 is 27.5 Å². The van der Waals surface area contributed by atoms with E-state index in [1.54, 1.807) is 0 Å². The molecule has 2 N–H and O–H groups in total. The molecule has 3 heteroatoms. The van der Waals surface area contributed by atoms with Crippen molar-refractivity contribution in [3.8, 4) is 0 Å². The molecule has 1 aromatic carbocycles. The van der Waals surface area contributed by atoms with Crippen LogP contribution in [0.25, 0.3) is 0 Å². The van der Waals surface area contributed by atoms with Crippen molar-refractivity contribution in [3.05, 3.63) is 33.3 Å². The Kier molecular flexibility index (Phi) is 5.20. The zero-order valence-electron chi connectivity index (χ0n) is 12.6. The van der Waals surface area contributed by atoms with E-state index in [1.807, 2.05) is 6.07 Å². The molecule has 0 radical (unpaired) electrons. The molecular formula is C17H25BrClN. The highest BCUT2D eigenvalue weighted by atomic mass is 79.9. The summed E-state index contributed by atoms with van der Waals surface area (Å²) in [5.74, 6) is 1.35. The molecule has 0 saturated heterocycles. The molecule has 1 fully saturated rings. The third-order valence-corrected chi connectivity index (χ3v) is 5.67. The average molecular weight is 359 g/mol. The average Bonchev–Trinajstić information content (AvgIpc) is 2.32. The SMILES string of the molecule is CC1CCC(C(C)(C)Cc2ccc(Br)cc2Cl)C(N)C1. The largest absolute Gasteiger partial charge is 0.327 e. The summed E-state index contributed by atoms with van der Waals surface area (Å²) in [4.78, 5) is 0. The molecule has 0 amide bonds. The second-order valence-electron chi connectivity index (χ2n) is 7.09. The number of rotatable bonds is 3. The molecule has 2 rings (SSSR count). The van der Waals surface area contributed by atoms with Gasteiger partial charge in [-0.25, -0.2) is 0 Å². The molecule has 1 aliphatic rings. The molecule has 3 atom stereocenters. The first kappa shape index (κ1) is 16.3. The van der Waals surface area contributed by atoms with E-state index in [-0.39, 0.29) is 5.41 Å². The number of nitrogens with two attached hydrogens (primary N) is 1. The van der Waals surface area contributed by atoms with Gasteiger partial charge in [-0.05, 0) is 54.2 Å². The summed E-state index contributed by atoms with van der Waals surface area (Å²) in [7, 11) is 0. The van der Waals surface area contributed by atoms with Gasteiger partial charge in [0, 0.05) is 15.5 Å². The fourth-order valence-electron chi connectivity index (χ4n) is 3.68. The predicted octanol–water partition coefficient (Wildman–Crippen LogP) is 5.43. The third-order valence-electron chi connectivity index (χ3n) is 4.83. The smallest absolute Gasteiger partial charge is 0.0449 e. The van der Waals surface area contributed by atoms with E-state index in [2.05, 4.69) is 48.8 Å². The van der Waals surface area contributed by atoms with Gasteiger partial charge in [0.2, 0.25) is 0 Å². The van der Waals surface area contributed by atoms with Gasteiger partial charge in [0.25, 0.3) is 0 Å². The van der Waals surface area contributed by atoms with E-state index in [1.165, 1.54) is 18.4 Å². The van der Waals surface area contributed by atoms with Crippen molar-refractivity contribution in [1.29, 1.82) is 0 Å². The van der Waals surface area contributed by atoms with Gasteiger partial charge in [0.05, 0.1) is 0 Å². The lowest BCUT2D eigenvalue weighted by Crippen LogP contribution is -2.44. The van der Waals surface area contributed by atoms with E-state index >= 15 is 0 Å². The molecule has 0 aromatic heterocycles. The highest BCUT2D eigenvalue weighted by molar-refractivity contribution is 9.10. The fraction of sp³-hybridized carbons (Fsp3) is 0.647. The first-order chi connectivity index (χ1) is 9.29. The lowest BCUT2D eigenvalue weighted by Gasteiger charge is -2.43. The maximum atomic E-state index is 6.43. The highest BCUT2D eigenvalue weighted by Crippen LogP contribution is 2.42. The monoisotopic (exact) mass is 357 g/mol. The number of benzene rings is 1. The van der Waals surface area contributed by atoms with Gasteiger partial charge in [-0.3, -0.25) is 0 Å². The molecular weight excluding hydrogens is 334 g/mol. The van der Waals surface area contributed by atoms with Crippen LogP contribution in [0.4, 0.5) is 0 Å². The van der Waals surface area contributed by atoms with Crippen LogP contribution in [0.3, 0.4) is 0 Å². The Morgan fingerprint density at radius 2 is 2.05 bits per heavy atom. The third kappa shape index (κ3) is 3.78. The molecule has 1 nitrogen and oxygen atoms in total. The molecule has 3 unspecified atom stereocenters. The van der Waals surface area contributed by atoms with Gasteiger partial charge >= 0.3 is 0 Å². The van der Waals surface area contributed by atoms with Crippen LogP contribution in [-0.2, 0) is 6.42 Å². The molecule has 0 spiro atoms. The zero-order chi connectivity index (χ0) is 14.9. The molecule has 1 aliphatic carbocycles. The van der Waals surface area contributed by atoms with Crippen molar-refractivity contribution in [2.24, 2.45) is 23.0 Å². The van der Waals surface area contributed by atoms with Crippen LogP contribution in [0.2, 0.25) is 5.02 Å². The predicted molar refractivity (Wildman–Crippen MR) is 91.1 cm³/mol. The normalized spacial score (nSPS) is 27.6. The summed E-state index contributed by atoms with van der Waals surface area (Å²) >= 11 is 9.84. The summed E-state index contributed by atoms with van der Waals surface area (Å²) in [5, 5.41) is 0.852. The van der Waals surface area contributed by atoms with E-state index in [9.17, 15) is 0 Å². The quantitative estimate of drug-likeness (QED) is 0.765. The molecule has 112 valence electrons. The topological polar surface area (TPSA) is 26.0 Å². The molecule has 0 aliphatic heterocycles. The van der Waals surface area contributed by atoms with Crippen molar-refractivity contribution < 1.29 is 0 Å². The molecule has 20 heavy (non-hydrogen) atoms. The van der Waals surface area contributed by atoms with Crippen molar-refractivity contribution >= 4 is 27.5 Å². The molecule has 0 heterocycles. The first-order valence-electron chi connectivity index (χ1n) is 7.49. The van der Waals surface area contributed by atoms with Crippen LogP contribution in [0.15, 0.2) is 22.7 Å². The maximum Gasteiger partial charge on any atom is 0.0449 e. The Bertz CT molecular complexity index is 472. The Balaban J connectivity index is 2.14. The van der Waals surface area contributed by atoms with E-state index < -0.39 is 0 Å². The molecule has 0 bridgehead atoms. The molecule has 1 aromatic rings. The van der Waals surface area contributed by atoms with Gasteiger partial charge in [-0.1, -0.05) is 60.8 Å². The second-order valence-corrected chi connectivity index (χ2v) is 8.41. The Morgan fingerprint density at radius 1 is 1.35 bits per heavy atom. The van der Waals surface area contributed by atoms with Gasteiger partial charge in [0.1, 0.15) is 0 Å². The standard InChI is InChI=1S/C17H25BrClN/c1-11-4-7-14(16(20)8-11)17(2,3)10-12-5-6-13(18)9-15(12)19/h5-6,9,11,14,16H,4,7-8,10,20H2,1-3H3. The van der Waals surface area contributed by atoms with Crippen molar-refractivity contribution in [3.63, 3.8) is 0 Å². The van der Waals surface area contributed by atoms with Gasteiger partial charge < -0.3 is 5.73 Å². The van der Waals surface area contributed by atoms with Crippen molar-refractivity contribution in [2.45, 2.75) is 52.5 Å². The fourth-order valence-corrected chi connectivity index (χ4v) is 4.42. The van der Waals surface area contributed by atoms with Crippen LogP contribution < -0.4 is 5.73 Å². The Hall–Kier alpha value is -0.0500. The van der Waals surface area contributed by atoms with Gasteiger partial charge in [-0.15, -0.1) is 0 Å². The van der Waals surface area contributed by atoms with Crippen LogP contribution in [0.5, 0.6) is 0 Å². The first-order valence-corrected chi connectivity index (χ1v) is 8.66. The van der Waals surface area contributed by atoms with Gasteiger partial charge in [-0.2, -0.15) is 0 Å². The minimum Gasteiger partial charge on any atom is -0.327 e. The molecule has 1 saturated carbocycles. The summed E-state index contributed by atoms with van der Waals surface area (Å²) < 4.78 is 1.03. The van der Waals surface area contributed by atoms with E-state index in [0.29, 0.717) is 12.0 Å². The minimum absolute atomic E-state index is 0.191. The van der Waals surface area contributed by atoms with E-state index in [4.69, 9.17) is 17.3 Å². The zero-order valence-corrected chi connectivity index (χ0v) is 15.0. The lowest BCUT2D eigenvalue weighted by molar-refractivity contribution is 0.113. The number of halogens is 2. The van der Waals surface area contributed by atoms with Gasteiger partial charge in [0.15, 0.2) is 0 Å². The second kappa shape index (κ2) is 6.37. The summed E-state index contributed by atoms with van der Waals surface area (Å²) in [6.07, 6.45) is 4.69. The summed E-state index contributed by atoms with van der Waals surface area (Å²) in [6, 6.07) is 6.50. The highest BCUT2D eigenvalue weighted by Gasteiger charge is 2.37.